The Labute approximate surface area is 174 Å². The quantitative estimate of drug-likeness (QED) is 0.422. The summed E-state index contributed by atoms with van der Waals surface area (Å²) < 4.78 is 14.8. The molecule has 0 saturated carbocycles. The zero-order chi connectivity index (χ0) is 20.2. The first-order valence-electron chi connectivity index (χ1n) is 9.14. The van der Waals surface area contributed by atoms with Gasteiger partial charge in [-0.1, -0.05) is 24.3 Å². The molecule has 0 N–H and O–H groups in total. The summed E-state index contributed by atoms with van der Waals surface area (Å²) in [6.45, 7) is 0.638. The Morgan fingerprint density at radius 1 is 1.00 bits per heavy atom. The molecule has 0 aliphatic carbocycles. The van der Waals surface area contributed by atoms with Crippen LogP contribution in [0.25, 0.3) is 16.9 Å². The van der Waals surface area contributed by atoms with Crippen molar-refractivity contribution in [2.24, 2.45) is 0 Å². The lowest BCUT2D eigenvalue weighted by atomic mass is 10.1. The number of aromatic nitrogens is 4. The molecule has 2 aromatic heterocycles. The van der Waals surface area contributed by atoms with Gasteiger partial charge in [-0.3, -0.25) is 4.68 Å². The highest BCUT2D eigenvalue weighted by Crippen LogP contribution is 2.36. The van der Waals surface area contributed by atoms with Crippen molar-refractivity contribution in [2.45, 2.75) is 11.6 Å². The fourth-order valence-electron chi connectivity index (χ4n) is 3.27. The van der Waals surface area contributed by atoms with E-state index in [-0.39, 0.29) is 0 Å². The Bertz CT molecular complexity index is 1090. The van der Waals surface area contributed by atoms with Gasteiger partial charge in [0.1, 0.15) is 22.2 Å². The molecule has 2 heterocycles. The van der Waals surface area contributed by atoms with Crippen molar-refractivity contribution in [3.63, 3.8) is 0 Å². The van der Waals surface area contributed by atoms with E-state index in [2.05, 4.69) is 23.2 Å². The second kappa shape index (κ2) is 8.45. The smallest absolute Gasteiger partial charge is 0.143 e. The number of hydrogen-bond donors (Lipinski definition) is 0. The molecule has 0 radical (unpaired) electrons. The van der Waals surface area contributed by atoms with E-state index in [1.54, 1.807) is 38.5 Å². The predicted molar refractivity (Wildman–Crippen MR) is 115 cm³/mol. The van der Waals surface area contributed by atoms with Gasteiger partial charge in [0.15, 0.2) is 0 Å². The first-order valence-corrected chi connectivity index (χ1v) is 10.4. The Balaban J connectivity index is 1.87. The van der Waals surface area contributed by atoms with Crippen LogP contribution in [-0.2, 0) is 6.54 Å². The van der Waals surface area contributed by atoms with Crippen LogP contribution in [0.4, 0.5) is 0 Å². The number of benzene rings is 2. The van der Waals surface area contributed by atoms with Crippen molar-refractivity contribution < 1.29 is 9.47 Å². The largest absolute Gasteiger partial charge is 0.497 e. The number of hydrogen-bond acceptors (Lipinski definition) is 5. The summed E-state index contributed by atoms with van der Waals surface area (Å²) >= 11 is 1.62. The average molecular weight is 407 g/mol. The van der Waals surface area contributed by atoms with Crippen molar-refractivity contribution in [1.29, 1.82) is 0 Å². The molecule has 4 rings (SSSR count). The molecule has 0 atom stereocenters. The van der Waals surface area contributed by atoms with E-state index < -0.39 is 0 Å². The Morgan fingerprint density at radius 3 is 2.45 bits per heavy atom. The van der Waals surface area contributed by atoms with Crippen molar-refractivity contribution in [1.82, 2.24) is 19.3 Å². The topological polar surface area (TPSA) is 54.1 Å². The number of ether oxygens (including phenoxy) is 2. The van der Waals surface area contributed by atoms with Gasteiger partial charge in [-0.05, 0) is 36.1 Å². The number of rotatable bonds is 7. The first kappa shape index (κ1) is 19.1. The second-order valence-electron chi connectivity index (χ2n) is 6.41. The van der Waals surface area contributed by atoms with Crippen LogP contribution in [-0.4, -0.2) is 39.8 Å². The SMILES string of the molecule is COc1ccc(Cn2nc(SC)c(-n3ccnc3)c2-c2cccc(OC)c2)cc1. The van der Waals surface area contributed by atoms with Crippen molar-refractivity contribution >= 4 is 11.8 Å². The van der Waals surface area contributed by atoms with Crippen LogP contribution in [0, 0.1) is 0 Å². The summed E-state index contributed by atoms with van der Waals surface area (Å²) in [5.41, 5.74) is 4.20. The van der Waals surface area contributed by atoms with Crippen LogP contribution in [0.15, 0.2) is 72.3 Å². The van der Waals surface area contributed by atoms with Gasteiger partial charge in [0.2, 0.25) is 0 Å². The highest BCUT2D eigenvalue weighted by Gasteiger charge is 2.21. The normalized spacial score (nSPS) is 10.9. The van der Waals surface area contributed by atoms with E-state index in [0.29, 0.717) is 6.54 Å². The average Bonchev–Trinajstić information content (AvgIpc) is 3.42. The maximum Gasteiger partial charge on any atom is 0.143 e. The van der Waals surface area contributed by atoms with Crippen molar-refractivity contribution in [3.05, 3.63) is 72.8 Å². The zero-order valence-electron chi connectivity index (χ0n) is 16.6. The molecule has 6 nitrogen and oxygen atoms in total. The highest BCUT2D eigenvalue weighted by molar-refractivity contribution is 7.98. The number of imidazole rings is 1. The van der Waals surface area contributed by atoms with E-state index in [9.17, 15) is 0 Å². The van der Waals surface area contributed by atoms with Gasteiger partial charge in [0, 0.05) is 18.0 Å². The fourth-order valence-corrected chi connectivity index (χ4v) is 3.84. The highest BCUT2D eigenvalue weighted by atomic mass is 32.2. The summed E-state index contributed by atoms with van der Waals surface area (Å²) in [5.74, 6) is 1.65. The molecule has 0 aliphatic rings. The third-order valence-electron chi connectivity index (χ3n) is 4.69. The molecule has 2 aromatic carbocycles. The first-order chi connectivity index (χ1) is 14.2. The van der Waals surface area contributed by atoms with Crippen LogP contribution < -0.4 is 9.47 Å². The maximum absolute atomic E-state index is 5.46. The van der Waals surface area contributed by atoms with Gasteiger partial charge in [-0.15, -0.1) is 11.8 Å². The fraction of sp³-hybridized carbons (Fsp3) is 0.182. The molecule has 0 bridgehead atoms. The number of thioether (sulfide) groups is 1. The van der Waals surface area contributed by atoms with E-state index in [0.717, 1.165) is 39.0 Å². The third-order valence-corrected chi connectivity index (χ3v) is 5.35. The lowest BCUT2D eigenvalue weighted by Gasteiger charge is -2.12. The second-order valence-corrected chi connectivity index (χ2v) is 7.21. The molecule has 4 aromatic rings. The number of nitrogens with zero attached hydrogens (tertiary/aromatic N) is 4. The standard InChI is InChI=1S/C22H22N4O2S/c1-27-18-9-7-16(8-10-18)14-26-20(17-5-4-6-19(13-17)28-2)21(22(24-26)29-3)25-12-11-23-15-25/h4-13,15H,14H2,1-3H3. The molecular formula is C22H22N4O2S. The molecule has 0 amide bonds. The molecule has 0 saturated heterocycles. The van der Waals surface area contributed by atoms with E-state index in [1.165, 1.54) is 0 Å². The van der Waals surface area contributed by atoms with E-state index in [4.69, 9.17) is 14.6 Å². The molecule has 0 spiro atoms. The van der Waals surface area contributed by atoms with Crippen LogP contribution >= 0.6 is 11.8 Å². The maximum atomic E-state index is 5.46. The van der Waals surface area contributed by atoms with Gasteiger partial charge in [-0.2, -0.15) is 5.10 Å². The Kier molecular flexibility index (Phi) is 5.57. The predicted octanol–water partition coefficient (Wildman–Crippen LogP) is 4.52. The van der Waals surface area contributed by atoms with Gasteiger partial charge in [-0.25, -0.2) is 4.98 Å². The molecule has 0 aliphatic heterocycles. The summed E-state index contributed by atoms with van der Waals surface area (Å²) in [6, 6.07) is 16.1. The summed E-state index contributed by atoms with van der Waals surface area (Å²) in [6.07, 6.45) is 7.56. The molecule has 0 unspecified atom stereocenters. The van der Waals surface area contributed by atoms with Gasteiger partial charge < -0.3 is 14.0 Å². The third kappa shape index (κ3) is 3.86. The van der Waals surface area contributed by atoms with Crippen molar-refractivity contribution in [2.75, 3.05) is 20.5 Å². The summed E-state index contributed by atoms with van der Waals surface area (Å²) in [7, 11) is 3.35. The number of methoxy groups -OCH3 is 2. The van der Waals surface area contributed by atoms with Crippen molar-refractivity contribution in [3.8, 4) is 28.4 Å². The van der Waals surface area contributed by atoms with E-state index >= 15 is 0 Å². The lowest BCUT2D eigenvalue weighted by molar-refractivity contribution is 0.414. The summed E-state index contributed by atoms with van der Waals surface area (Å²) in [4.78, 5) is 4.23. The van der Waals surface area contributed by atoms with Gasteiger partial charge >= 0.3 is 0 Å². The van der Waals surface area contributed by atoms with Crippen LogP contribution in [0.1, 0.15) is 5.56 Å². The Hall–Kier alpha value is -3.19. The molecule has 29 heavy (non-hydrogen) atoms. The summed E-state index contributed by atoms with van der Waals surface area (Å²) in [5, 5.41) is 5.85. The van der Waals surface area contributed by atoms with E-state index in [1.807, 2.05) is 52.0 Å². The van der Waals surface area contributed by atoms with Gasteiger partial charge in [0.25, 0.3) is 0 Å². The molecule has 7 heteroatoms. The minimum absolute atomic E-state index is 0.638. The monoisotopic (exact) mass is 406 g/mol. The zero-order valence-corrected chi connectivity index (χ0v) is 17.4. The van der Waals surface area contributed by atoms with Crippen LogP contribution in [0.2, 0.25) is 0 Å². The molecule has 148 valence electrons. The Morgan fingerprint density at radius 2 is 1.79 bits per heavy atom. The lowest BCUT2D eigenvalue weighted by Crippen LogP contribution is -2.05. The van der Waals surface area contributed by atoms with Gasteiger partial charge in [0.05, 0.1) is 32.8 Å². The molecule has 0 fully saturated rings. The van der Waals surface area contributed by atoms with Crippen LogP contribution in [0.3, 0.4) is 0 Å². The minimum Gasteiger partial charge on any atom is -0.497 e. The minimum atomic E-state index is 0.638. The van der Waals surface area contributed by atoms with Crippen LogP contribution in [0.5, 0.6) is 11.5 Å². The molecular weight excluding hydrogens is 384 g/mol.